The van der Waals surface area contributed by atoms with Gasteiger partial charge >= 0.3 is 0 Å². The number of aromatic nitrogens is 1. The van der Waals surface area contributed by atoms with Gasteiger partial charge in [-0.3, -0.25) is 9.88 Å². The largest absolute Gasteiger partial charge is 0.377 e. The Morgan fingerprint density at radius 3 is 3.20 bits per heavy atom. The number of ether oxygens (including phenoxy) is 2. The maximum absolute atomic E-state index is 6.15. The molecule has 25 heavy (non-hydrogen) atoms. The van der Waals surface area contributed by atoms with Gasteiger partial charge in [0.05, 0.1) is 25.0 Å². The van der Waals surface area contributed by atoms with Crippen LogP contribution in [-0.4, -0.2) is 42.3 Å². The van der Waals surface area contributed by atoms with E-state index in [9.17, 15) is 0 Å². The molecule has 0 bridgehead atoms. The lowest BCUT2D eigenvalue weighted by Gasteiger charge is -2.50. The van der Waals surface area contributed by atoms with Gasteiger partial charge in [0.15, 0.2) is 0 Å². The van der Waals surface area contributed by atoms with Crippen LogP contribution in [0.3, 0.4) is 0 Å². The highest BCUT2D eigenvalue weighted by atomic mass is 32.1. The van der Waals surface area contributed by atoms with Crippen molar-refractivity contribution in [2.75, 3.05) is 26.3 Å². The normalized spacial score (nSPS) is 27.1. The third-order valence-electron chi connectivity index (χ3n) is 5.42. The van der Waals surface area contributed by atoms with Crippen LogP contribution < -0.4 is 0 Å². The van der Waals surface area contributed by atoms with Gasteiger partial charge in [-0.1, -0.05) is 6.07 Å². The zero-order chi connectivity index (χ0) is 17.0. The molecule has 0 spiro atoms. The number of thiophene rings is 1. The molecule has 0 amide bonds. The third kappa shape index (κ3) is 4.11. The van der Waals surface area contributed by atoms with Crippen LogP contribution in [0.4, 0.5) is 0 Å². The van der Waals surface area contributed by atoms with E-state index < -0.39 is 0 Å². The van der Waals surface area contributed by atoms with Crippen LogP contribution in [0.1, 0.15) is 30.5 Å². The summed E-state index contributed by atoms with van der Waals surface area (Å²) in [5.41, 5.74) is 2.55. The molecule has 0 aromatic carbocycles. The maximum atomic E-state index is 6.15. The molecular formula is C20H26N2O2S. The lowest BCUT2D eigenvalue weighted by atomic mass is 9.73. The standard InChI is InChI=1S/C20H26N2O2S/c1-2-8-21-18(4-1)13-23-16-20-7-3-10-24-19(20)5-9-22(15-20)12-17-6-11-25-14-17/h1-2,4,6,8,11,14,19H,3,5,7,9-10,12-13,15-16H2. The van der Waals surface area contributed by atoms with Gasteiger partial charge in [-0.2, -0.15) is 11.3 Å². The summed E-state index contributed by atoms with van der Waals surface area (Å²) in [5, 5.41) is 4.42. The summed E-state index contributed by atoms with van der Waals surface area (Å²) >= 11 is 1.78. The highest BCUT2D eigenvalue weighted by molar-refractivity contribution is 7.07. The summed E-state index contributed by atoms with van der Waals surface area (Å²) < 4.78 is 12.3. The number of rotatable bonds is 6. The van der Waals surface area contributed by atoms with Crippen molar-refractivity contribution >= 4 is 11.3 Å². The Hall–Kier alpha value is -1.27. The highest BCUT2D eigenvalue weighted by Gasteiger charge is 2.46. The molecule has 2 aliphatic rings. The fourth-order valence-electron chi connectivity index (χ4n) is 4.21. The molecule has 0 aliphatic carbocycles. The number of pyridine rings is 1. The van der Waals surface area contributed by atoms with E-state index in [4.69, 9.17) is 9.47 Å². The Morgan fingerprint density at radius 2 is 2.36 bits per heavy atom. The summed E-state index contributed by atoms with van der Waals surface area (Å²) in [5.74, 6) is 0. The van der Waals surface area contributed by atoms with Gasteiger partial charge in [0.25, 0.3) is 0 Å². The van der Waals surface area contributed by atoms with Gasteiger partial charge in [0.2, 0.25) is 0 Å². The van der Waals surface area contributed by atoms with E-state index >= 15 is 0 Å². The number of hydrogen-bond acceptors (Lipinski definition) is 5. The van der Waals surface area contributed by atoms with Gasteiger partial charge in [-0.25, -0.2) is 0 Å². The minimum Gasteiger partial charge on any atom is -0.377 e. The molecule has 2 aromatic heterocycles. The Morgan fingerprint density at radius 1 is 1.36 bits per heavy atom. The fraction of sp³-hybridized carbons (Fsp3) is 0.550. The quantitative estimate of drug-likeness (QED) is 0.788. The number of hydrogen-bond donors (Lipinski definition) is 0. The van der Waals surface area contributed by atoms with Gasteiger partial charge in [-0.05, 0) is 53.8 Å². The molecule has 2 unspecified atom stereocenters. The van der Waals surface area contributed by atoms with E-state index in [1.165, 1.54) is 12.0 Å². The zero-order valence-corrected chi connectivity index (χ0v) is 15.4. The highest BCUT2D eigenvalue weighted by Crippen LogP contribution is 2.41. The summed E-state index contributed by atoms with van der Waals surface area (Å²) in [4.78, 5) is 6.94. The smallest absolute Gasteiger partial charge is 0.0888 e. The lowest BCUT2D eigenvalue weighted by Crippen LogP contribution is -2.56. The second-order valence-corrected chi connectivity index (χ2v) is 8.05. The lowest BCUT2D eigenvalue weighted by molar-refractivity contribution is -0.156. The van der Waals surface area contributed by atoms with E-state index in [-0.39, 0.29) is 5.41 Å². The minimum atomic E-state index is 0.126. The molecule has 134 valence electrons. The van der Waals surface area contributed by atoms with Crippen molar-refractivity contribution in [3.8, 4) is 0 Å². The first-order valence-corrected chi connectivity index (χ1v) is 10.1. The molecule has 0 radical (unpaired) electrons. The van der Waals surface area contributed by atoms with Gasteiger partial charge in [0, 0.05) is 37.9 Å². The molecule has 4 heterocycles. The van der Waals surface area contributed by atoms with Crippen LogP contribution in [0.5, 0.6) is 0 Å². The number of nitrogens with zero attached hydrogens (tertiary/aromatic N) is 2. The molecule has 0 N–H and O–H groups in total. The van der Waals surface area contributed by atoms with Gasteiger partial charge in [-0.15, -0.1) is 0 Å². The Bertz CT molecular complexity index is 649. The molecule has 2 aromatic rings. The van der Waals surface area contributed by atoms with Crippen LogP contribution >= 0.6 is 11.3 Å². The molecule has 2 saturated heterocycles. The SMILES string of the molecule is c1ccc(COCC23CCCOC2CCN(Cc2ccsc2)C3)nc1. The molecule has 4 nitrogen and oxygen atoms in total. The number of piperidine rings is 1. The number of fused-ring (bicyclic) bond motifs is 1. The fourth-order valence-corrected chi connectivity index (χ4v) is 4.87. The summed E-state index contributed by atoms with van der Waals surface area (Å²) in [6.07, 6.45) is 5.60. The second-order valence-electron chi connectivity index (χ2n) is 7.27. The second kappa shape index (κ2) is 7.96. The van der Waals surface area contributed by atoms with Crippen molar-refractivity contribution in [3.05, 3.63) is 52.5 Å². The molecule has 2 aliphatic heterocycles. The predicted molar refractivity (Wildman–Crippen MR) is 99.5 cm³/mol. The van der Waals surface area contributed by atoms with Crippen LogP contribution in [0.2, 0.25) is 0 Å². The van der Waals surface area contributed by atoms with Crippen molar-refractivity contribution in [3.63, 3.8) is 0 Å². The van der Waals surface area contributed by atoms with Gasteiger partial charge < -0.3 is 9.47 Å². The molecule has 2 fully saturated rings. The van der Waals surface area contributed by atoms with Crippen LogP contribution in [-0.2, 0) is 22.6 Å². The summed E-state index contributed by atoms with van der Waals surface area (Å²) in [7, 11) is 0. The van der Waals surface area contributed by atoms with Crippen LogP contribution in [0.25, 0.3) is 0 Å². The van der Waals surface area contributed by atoms with Crippen LogP contribution in [0.15, 0.2) is 41.2 Å². The first kappa shape index (κ1) is 17.2. The van der Waals surface area contributed by atoms with Crippen molar-refractivity contribution in [1.82, 2.24) is 9.88 Å². The summed E-state index contributed by atoms with van der Waals surface area (Å²) in [6.45, 7) is 5.46. The number of likely N-dealkylation sites (tertiary alicyclic amines) is 1. The van der Waals surface area contributed by atoms with Crippen molar-refractivity contribution < 1.29 is 9.47 Å². The molecule has 0 saturated carbocycles. The van der Waals surface area contributed by atoms with Crippen molar-refractivity contribution in [1.29, 1.82) is 0 Å². The van der Waals surface area contributed by atoms with Crippen molar-refractivity contribution in [2.24, 2.45) is 5.41 Å². The maximum Gasteiger partial charge on any atom is 0.0888 e. The Kier molecular flexibility index (Phi) is 5.46. The predicted octanol–water partition coefficient (Wildman–Crippen LogP) is 3.73. The van der Waals surface area contributed by atoms with E-state index in [0.717, 1.165) is 51.4 Å². The molecule has 2 atom stereocenters. The zero-order valence-electron chi connectivity index (χ0n) is 14.6. The van der Waals surface area contributed by atoms with Crippen molar-refractivity contribution in [2.45, 2.75) is 38.5 Å². The third-order valence-corrected chi connectivity index (χ3v) is 6.15. The average molecular weight is 359 g/mol. The first-order valence-electron chi connectivity index (χ1n) is 9.17. The van der Waals surface area contributed by atoms with E-state index in [0.29, 0.717) is 12.7 Å². The average Bonchev–Trinajstić information content (AvgIpc) is 3.15. The minimum absolute atomic E-state index is 0.126. The molecule has 4 rings (SSSR count). The Balaban J connectivity index is 1.40. The van der Waals surface area contributed by atoms with E-state index in [2.05, 4.69) is 26.7 Å². The van der Waals surface area contributed by atoms with E-state index in [1.807, 2.05) is 24.4 Å². The molecule has 5 heteroatoms. The van der Waals surface area contributed by atoms with E-state index in [1.54, 1.807) is 11.3 Å². The monoisotopic (exact) mass is 358 g/mol. The topological polar surface area (TPSA) is 34.6 Å². The van der Waals surface area contributed by atoms with Crippen LogP contribution in [0, 0.1) is 5.41 Å². The van der Waals surface area contributed by atoms with Gasteiger partial charge in [0.1, 0.15) is 0 Å². The Labute approximate surface area is 153 Å². The summed E-state index contributed by atoms with van der Waals surface area (Å²) in [6, 6.07) is 8.21. The first-order chi connectivity index (χ1) is 12.3. The molecular weight excluding hydrogens is 332 g/mol.